The molecule has 0 atom stereocenters. The van der Waals surface area contributed by atoms with E-state index in [4.69, 9.17) is 0 Å². The van der Waals surface area contributed by atoms with Gasteiger partial charge in [0.25, 0.3) is 5.78 Å². The van der Waals surface area contributed by atoms with Gasteiger partial charge in [0, 0.05) is 0 Å². The van der Waals surface area contributed by atoms with Crippen molar-refractivity contribution in [3.05, 3.63) is 23.8 Å². The fraction of sp³-hybridized carbons (Fsp3) is 0.400. The summed E-state index contributed by atoms with van der Waals surface area (Å²) in [6.07, 6.45) is 1.24. The second kappa shape index (κ2) is 5.30. The van der Waals surface area contributed by atoms with Crippen LogP contribution in [0.2, 0.25) is 0 Å². The van der Waals surface area contributed by atoms with Gasteiger partial charge >= 0.3 is 5.97 Å². The number of hydrogen-bond acceptors (Lipinski definition) is 3. The number of ketones is 1. The summed E-state index contributed by atoms with van der Waals surface area (Å²) < 4.78 is 4.52. The van der Waals surface area contributed by atoms with E-state index in [-0.39, 0.29) is 6.61 Å². The Bertz CT molecular complexity index is 261. The molecule has 13 heavy (non-hydrogen) atoms. The van der Waals surface area contributed by atoms with Gasteiger partial charge in [-0.15, -0.1) is 0 Å². The Morgan fingerprint density at radius 2 is 1.92 bits per heavy atom. The van der Waals surface area contributed by atoms with E-state index in [1.165, 1.54) is 6.08 Å². The molecule has 0 aliphatic rings. The number of hydrogen-bond donors (Lipinski definition) is 0. The Hall–Kier alpha value is -1.38. The standard InChI is InChI=1S/C10H14O3/c1-5-13-10(12)9(11)6-8(4)7(2)3/h6H,2,5H2,1,3-4H3/b8-6-. The summed E-state index contributed by atoms with van der Waals surface area (Å²) in [5.41, 5.74) is 1.45. The molecule has 0 aromatic carbocycles. The largest absolute Gasteiger partial charge is 0.460 e. The summed E-state index contributed by atoms with van der Waals surface area (Å²) in [4.78, 5) is 21.9. The maximum atomic E-state index is 11.1. The summed E-state index contributed by atoms with van der Waals surface area (Å²) in [5, 5.41) is 0. The molecule has 0 aliphatic carbocycles. The van der Waals surface area contributed by atoms with Crippen molar-refractivity contribution in [1.82, 2.24) is 0 Å². The number of carbonyl (C=O) groups is 2. The van der Waals surface area contributed by atoms with E-state index in [2.05, 4.69) is 11.3 Å². The van der Waals surface area contributed by atoms with Crippen LogP contribution in [-0.2, 0) is 14.3 Å². The van der Waals surface area contributed by atoms with E-state index in [1.807, 2.05) is 0 Å². The summed E-state index contributed by atoms with van der Waals surface area (Å²) in [6, 6.07) is 0. The fourth-order valence-electron chi connectivity index (χ4n) is 0.581. The van der Waals surface area contributed by atoms with Crippen LogP contribution in [0.5, 0.6) is 0 Å². The summed E-state index contributed by atoms with van der Waals surface area (Å²) in [7, 11) is 0. The van der Waals surface area contributed by atoms with Crippen LogP contribution >= 0.6 is 0 Å². The van der Waals surface area contributed by atoms with Crippen LogP contribution in [0.15, 0.2) is 23.8 Å². The molecule has 0 amide bonds. The van der Waals surface area contributed by atoms with Gasteiger partial charge in [-0.1, -0.05) is 12.2 Å². The highest BCUT2D eigenvalue weighted by Gasteiger charge is 2.11. The zero-order valence-electron chi connectivity index (χ0n) is 8.22. The second-order valence-electron chi connectivity index (χ2n) is 2.69. The first-order chi connectivity index (χ1) is 5.99. The number of esters is 1. The smallest absolute Gasteiger partial charge is 0.379 e. The Morgan fingerprint density at radius 1 is 1.38 bits per heavy atom. The van der Waals surface area contributed by atoms with Crippen molar-refractivity contribution in [2.24, 2.45) is 0 Å². The summed E-state index contributed by atoms with van der Waals surface area (Å²) >= 11 is 0. The van der Waals surface area contributed by atoms with Crippen molar-refractivity contribution in [3.8, 4) is 0 Å². The zero-order chi connectivity index (χ0) is 10.4. The number of ether oxygens (including phenoxy) is 1. The van der Waals surface area contributed by atoms with Gasteiger partial charge in [0.1, 0.15) is 0 Å². The molecular weight excluding hydrogens is 168 g/mol. The van der Waals surface area contributed by atoms with Crippen molar-refractivity contribution in [3.63, 3.8) is 0 Å². The number of rotatable bonds is 4. The lowest BCUT2D eigenvalue weighted by Gasteiger charge is -1.99. The third kappa shape index (κ3) is 4.25. The molecule has 0 fully saturated rings. The molecule has 0 spiro atoms. The number of carbonyl (C=O) groups excluding carboxylic acids is 2. The SMILES string of the molecule is C=C(C)/C(C)=C\C(=O)C(=O)OCC. The number of allylic oxidation sites excluding steroid dienone is 2. The average Bonchev–Trinajstić information content (AvgIpc) is 2.04. The molecule has 0 unspecified atom stereocenters. The van der Waals surface area contributed by atoms with Crippen LogP contribution in [0.1, 0.15) is 20.8 Å². The fourth-order valence-corrected chi connectivity index (χ4v) is 0.581. The molecule has 0 saturated carbocycles. The maximum absolute atomic E-state index is 11.1. The molecule has 3 nitrogen and oxygen atoms in total. The predicted octanol–water partition coefficient (Wildman–Crippen LogP) is 1.64. The molecule has 3 heteroatoms. The molecule has 0 saturated heterocycles. The molecule has 0 radical (unpaired) electrons. The van der Waals surface area contributed by atoms with Crippen molar-refractivity contribution < 1.29 is 14.3 Å². The Labute approximate surface area is 78.1 Å². The highest BCUT2D eigenvalue weighted by atomic mass is 16.5. The third-order valence-corrected chi connectivity index (χ3v) is 1.50. The molecule has 0 N–H and O–H groups in total. The van der Waals surface area contributed by atoms with Crippen molar-refractivity contribution >= 4 is 11.8 Å². The zero-order valence-corrected chi connectivity index (χ0v) is 8.22. The van der Waals surface area contributed by atoms with Gasteiger partial charge in [-0.25, -0.2) is 4.79 Å². The maximum Gasteiger partial charge on any atom is 0.379 e. The van der Waals surface area contributed by atoms with E-state index >= 15 is 0 Å². The van der Waals surface area contributed by atoms with Crippen LogP contribution in [0.4, 0.5) is 0 Å². The van der Waals surface area contributed by atoms with Crippen molar-refractivity contribution in [2.45, 2.75) is 20.8 Å². The van der Waals surface area contributed by atoms with Crippen LogP contribution in [0.25, 0.3) is 0 Å². The first-order valence-corrected chi connectivity index (χ1v) is 4.04. The summed E-state index contributed by atoms with van der Waals surface area (Å²) in [5.74, 6) is -1.45. The molecule has 0 bridgehead atoms. The van der Waals surface area contributed by atoms with Crippen LogP contribution in [0, 0.1) is 0 Å². The molecule has 72 valence electrons. The summed E-state index contributed by atoms with van der Waals surface area (Å²) in [6.45, 7) is 9.00. The first kappa shape index (κ1) is 11.6. The molecule has 0 aromatic heterocycles. The molecule has 0 aliphatic heterocycles. The quantitative estimate of drug-likeness (QED) is 0.287. The van der Waals surface area contributed by atoms with Crippen LogP contribution in [0.3, 0.4) is 0 Å². The van der Waals surface area contributed by atoms with E-state index in [0.29, 0.717) is 5.57 Å². The highest BCUT2D eigenvalue weighted by Crippen LogP contribution is 2.04. The van der Waals surface area contributed by atoms with Gasteiger partial charge in [0.05, 0.1) is 6.61 Å². The molecular formula is C10H14O3. The minimum Gasteiger partial charge on any atom is -0.460 e. The van der Waals surface area contributed by atoms with Gasteiger partial charge in [-0.3, -0.25) is 4.79 Å². The third-order valence-electron chi connectivity index (χ3n) is 1.50. The Kier molecular flexibility index (Phi) is 4.74. The van der Waals surface area contributed by atoms with Crippen molar-refractivity contribution in [1.29, 1.82) is 0 Å². The minimum absolute atomic E-state index is 0.213. The Morgan fingerprint density at radius 3 is 2.31 bits per heavy atom. The van der Waals surface area contributed by atoms with Crippen LogP contribution in [-0.4, -0.2) is 18.4 Å². The van der Waals surface area contributed by atoms with Crippen LogP contribution < -0.4 is 0 Å². The van der Waals surface area contributed by atoms with Crippen molar-refractivity contribution in [2.75, 3.05) is 6.61 Å². The molecule has 0 aromatic rings. The lowest BCUT2D eigenvalue weighted by Crippen LogP contribution is -2.15. The van der Waals surface area contributed by atoms with E-state index < -0.39 is 11.8 Å². The lowest BCUT2D eigenvalue weighted by atomic mass is 10.1. The second-order valence-corrected chi connectivity index (χ2v) is 2.69. The molecule has 0 heterocycles. The topological polar surface area (TPSA) is 43.4 Å². The monoisotopic (exact) mass is 182 g/mol. The van der Waals surface area contributed by atoms with E-state index in [9.17, 15) is 9.59 Å². The first-order valence-electron chi connectivity index (χ1n) is 4.04. The Balaban J connectivity index is 4.37. The van der Waals surface area contributed by atoms with Gasteiger partial charge in [-0.05, 0) is 32.4 Å². The molecule has 0 rings (SSSR count). The van der Waals surface area contributed by atoms with Gasteiger partial charge in [0.2, 0.25) is 0 Å². The van der Waals surface area contributed by atoms with Gasteiger partial charge < -0.3 is 4.74 Å². The van der Waals surface area contributed by atoms with Gasteiger partial charge in [-0.2, -0.15) is 0 Å². The highest BCUT2D eigenvalue weighted by molar-refractivity contribution is 6.38. The van der Waals surface area contributed by atoms with Gasteiger partial charge in [0.15, 0.2) is 0 Å². The van der Waals surface area contributed by atoms with E-state index in [1.54, 1.807) is 20.8 Å². The normalized spacial score (nSPS) is 10.8. The lowest BCUT2D eigenvalue weighted by molar-refractivity contribution is -0.151. The predicted molar refractivity (Wildman–Crippen MR) is 50.2 cm³/mol. The average molecular weight is 182 g/mol. The van der Waals surface area contributed by atoms with E-state index in [0.717, 1.165) is 5.57 Å². The minimum atomic E-state index is -0.817.